The van der Waals surface area contributed by atoms with Crippen LogP contribution in [0.25, 0.3) is 22.4 Å². The predicted octanol–water partition coefficient (Wildman–Crippen LogP) is 8.16. The van der Waals surface area contributed by atoms with E-state index in [0.717, 1.165) is 117 Å². The van der Waals surface area contributed by atoms with Crippen LogP contribution in [0.4, 0.5) is 5.82 Å². The van der Waals surface area contributed by atoms with Crippen molar-refractivity contribution in [1.29, 1.82) is 4.78 Å². The number of aliphatic hydroxyl groups excluding tert-OH is 1. The molecule has 0 radical (unpaired) electrons. The van der Waals surface area contributed by atoms with E-state index in [9.17, 15) is 9.32 Å². The van der Waals surface area contributed by atoms with Crippen LogP contribution in [0.15, 0.2) is 30.6 Å². The third-order valence-corrected chi connectivity index (χ3v) is 18.4. The molecule has 0 amide bonds. The number of H-pyrrole nitrogens is 1. The third-order valence-electron chi connectivity index (χ3n) is 16.3. The van der Waals surface area contributed by atoms with Gasteiger partial charge in [0.2, 0.25) is 0 Å². The highest BCUT2D eigenvalue weighted by atomic mass is 32.2. The molecule has 6 aliphatic rings. The molecule has 0 spiro atoms. The molecule has 300 valence electrons. The molecule has 0 aromatic carbocycles. The van der Waals surface area contributed by atoms with Crippen molar-refractivity contribution in [3.8, 4) is 11.4 Å². The first kappa shape index (κ1) is 37.9. The number of hydrogen-bond donors (Lipinski definition) is 3. The van der Waals surface area contributed by atoms with Gasteiger partial charge in [0.25, 0.3) is 0 Å². The molecule has 6 fully saturated rings. The van der Waals surface area contributed by atoms with Gasteiger partial charge in [0.15, 0.2) is 5.82 Å². The van der Waals surface area contributed by atoms with Gasteiger partial charge in [0.05, 0.1) is 32.4 Å². The average Bonchev–Trinajstić information content (AvgIpc) is 3.74. The van der Waals surface area contributed by atoms with Crippen molar-refractivity contribution >= 4 is 26.6 Å². The number of pyridine rings is 1. The second-order valence-electron chi connectivity index (χ2n) is 19.3. The van der Waals surface area contributed by atoms with Gasteiger partial charge in [-0.05, 0) is 150 Å². The Morgan fingerprint density at radius 1 is 0.982 bits per heavy atom. The monoisotopic (exact) mass is 771 g/mol. The van der Waals surface area contributed by atoms with Crippen molar-refractivity contribution in [3.63, 3.8) is 0 Å². The molecule has 55 heavy (non-hydrogen) atoms. The summed E-state index contributed by atoms with van der Waals surface area (Å²) in [5.74, 6) is 4.72. The van der Waals surface area contributed by atoms with Gasteiger partial charge in [-0.2, -0.15) is 0 Å². The second-order valence-corrected chi connectivity index (χ2v) is 21.8. The molecule has 1 aliphatic heterocycles. The Morgan fingerprint density at radius 2 is 1.80 bits per heavy atom. The maximum atomic E-state index is 13.2. The Labute approximate surface area is 329 Å². The normalized spacial score (nSPS) is 36.9. The van der Waals surface area contributed by atoms with Gasteiger partial charge in [-0.3, -0.25) is 9.68 Å². The van der Waals surface area contributed by atoms with E-state index in [1.807, 2.05) is 24.4 Å². The number of rotatable bonds is 11. The lowest BCUT2D eigenvalue weighted by Gasteiger charge is -2.60. The molecule has 3 N–H and O–H groups in total. The highest BCUT2D eigenvalue weighted by Crippen LogP contribution is 2.66. The molecule has 11 heteroatoms. The zero-order valence-electron chi connectivity index (χ0n) is 33.8. The molecule has 5 saturated carbocycles. The summed E-state index contributed by atoms with van der Waals surface area (Å²) in [4.78, 5) is 22.8. The number of nitrogens with zero attached hydrogens (tertiary/aromatic N) is 5. The summed E-state index contributed by atoms with van der Waals surface area (Å²) in [5.41, 5.74) is 3.21. The quantitative estimate of drug-likeness (QED) is 0.167. The fraction of sp³-hybridized carbons (Fsp3) is 0.750. The van der Waals surface area contributed by atoms with Gasteiger partial charge in [0.1, 0.15) is 11.5 Å². The minimum Gasteiger partial charge on any atom is -0.393 e. The molecule has 3 aromatic heterocycles. The largest absolute Gasteiger partial charge is 0.393 e. The number of fused-ring (bicyclic) bond motifs is 6. The third kappa shape index (κ3) is 6.64. The summed E-state index contributed by atoms with van der Waals surface area (Å²) in [6.07, 6.45) is 21.8. The number of piperazine rings is 1. The Morgan fingerprint density at radius 3 is 2.60 bits per heavy atom. The fourth-order valence-corrected chi connectivity index (χ4v) is 14.3. The maximum absolute atomic E-state index is 13.2. The summed E-state index contributed by atoms with van der Waals surface area (Å²) < 4.78 is 27.9. The minimum atomic E-state index is -2.84. The molecule has 2 unspecified atom stereocenters. The van der Waals surface area contributed by atoms with Crippen LogP contribution < -0.4 is 4.90 Å². The van der Waals surface area contributed by atoms with Crippen LogP contribution >= 0.6 is 0 Å². The predicted molar refractivity (Wildman–Crippen MR) is 219 cm³/mol. The maximum Gasteiger partial charge on any atom is 0.162 e. The topological polar surface area (TPSA) is 131 Å². The van der Waals surface area contributed by atoms with E-state index in [0.29, 0.717) is 22.8 Å². The number of aromatic amines is 1. The summed E-state index contributed by atoms with van der Waals surface area (Å²) in [7, 11) is -2.84. The zero-order chi connectivity index (χ0) is 38.2. The molecule has 9 rings (SSSR count). The molecule has 3 aromatic rings. The van der Waals surface area contributed by atoms with Crippen LogP contribution in [-0.2, 0) is 19.2 Å². The van der Waals surface area contributed by atoms with Crippen molar-refractivity contribution in [2.45, 2.75) is 134 Å². The van der Waals surface area contributed by atoms with Gasteiger partial charge >= 0.3 is 0 Å². The molecule has 1 saturated heterocycles. The number of aliphatic hydroxyl groups is 1. The zero-order valence-corrected chi connectivity index (χ0v) is 34.6. The van der Waals surface area contributed by atoms with Crippen molar-refractivity contribution in [1.82, 2.24) is 24.8 Å². The van der Waals surface area contributed by atoms with Crippen LogP contribution in [-0.4, -0.2) is 91.4 Å². The Kier molecular flexibility index (Phi) is 9.90. The molecule has 5 aliphatic carbocycles. The van der Waals surface area contributed by atoms with E-state index in [1.54, 1.807) is 12.5 Å². The van der Waals surface area contributed by atoms with Crippen LogP contribution in [0.5, 0.6) is 0 Å². The number of anilines is 1. The first-order valence-corrected chi connectivity index (χ1v) is 23.7. The first-order valence-electron chi connectivity index (χ1n) is 21.7. The summed E-state index contributed by atoms with van der Waals surface area (Å²) in [5, 5.41) is 11.4. The molecule has 0 bridgehead atoms. The van der Waals surface area contributed by atoms with Crippen LogP contribution in [0, 0.1) is 39.3 Å². The lowest BCUT2D eigenvalue weighted by molar-refractivity contribution is -0.141. The lowest BCUT2D eigenvalue weighted by atomic mass is 9.45. The van der Waals surface area contributed by atoms with E-state index >= 15 is 0 Å². The van der Waals surface area contributed by atoms with Crippen LogP contribution in [0.3, 0.4) is 0 Å². The van der Waals surface area contributed by atoms with Gasteiger partial charge < -0.3 is 19.7 Å². The van der Waals surface area contributed by atoms with Gasteiger partial charge in [0, 0.05) is 67.9 Å². The van der Waals surface area contributed by atoms with E-state index in [1.165, 1.54) is 57.8 Å². The Balaban J connectivity index is 0.776. The van der Waals surface area contributed by atoms with E-state index in [4.69, 9.17) is 19.5 Å². The van der Waals surface area contributed by atoms with E-state index in [2.05, 4.69) is 40.5 Å². The van der Waals surface area contributed by atoms with Crippen LogP contribution in [0.1, 0.15) is 116 Å². The Hall–Kier alpha value is -2.60. The lowest BCUT2D eigenvalue weighted by Crippen LogP contribution is -2.54. The van der Waals surface area contributed by atoms with Gasteiger partial charge in [-0.1, -0.05) is 13.8 Å². The number of unbranched alkanes of at least 4 members (excludes halogenated alkanes) is 2. The summed E-state index contributed by atoms with van der Waals surface area (Å²) in [6, 6.07) is 6.26. The number of hydrogen-bond acceptors (Lipinski definition) is 9. The van der Waals surface area contributed by atoms with Crippen LogP contribution in [0.2, 0.25) is 0 Å². The number of aromatic nitrogens is 4. The second kappa shape index (κ2) is 14.3. The van der Waals surface area contributed by atoms with Crippen molar-refractivity contribution in [2.75, 3.05) is 43.9 Å². The van der Waals surface area contributed by atoms with Gasteiger partial charge in [-0.25, -0.2) is 19.2 Å². The molecular formula is C44H65N7O3S. The minimum absolute atomic E-state index is 0.0647. The molecule has 10 atom stereocenters. The highest BCUT2D eigenvalue weighted by Gasteiger charge is 2.60. The number of nitrogens with one attached hydrogen (secondary N) is 2. The SMILES string of the molecule is C[C@@H]1CN(CCCCCO[C@H]2CC[C@H]3[C@@H]4CC[C@H]5CC(O)CC[C@]5(C)[C@H]4CC[C@]23C)CCN1c1cc(C2(S(C)(=N)=O)CC2)nc(-c2ccnc3[nH]ccc23)n1. The molecule has 10 nitrogen and oxygen atoms in total. The summed E-state index contributed by atoms with van der Waals surface area (Å²) >= 11 is 0. The molecular weight excluding hydrogens is 707 g/mol. The summed E-state index contributed by atoms with van der Waals surface area (Å²) in [6.45, 7) is 12.3. The highest BCUT2D eigenvalue weighted by molar-refractivity contribution is 7.93. The fourth-order valence-electron chi connectivity index (χ4n) is 12.9. The first-order chi connectivity index (χ1) is 26.4. The van der Waals surface area contributed by atoms with Crippen molar-refractivity contribution < 1.29 is 14.1 Å². The standard InChI is InChI=1S/C44H65N7O3S/c1-29-28-50(22-6-5-7-25-54-38-11-10-35-34-9-8-30-26-31(52)12-16-42(30,2)36(34)13-17-43(35,38)3)23-24-51(29)39-27-37(44(18-19-44)55(4,45)53)48-41(49-39)33-15-21-47-40-32(33)14-20-46-40/h14-15,20-21,27,29-31,34-36,38,45,52H,5-13,16-19,22-26,28H2,1-4H3,(H,46,47)/t29-,30+,31?,34+,35+,36+,38+,42+,43+,55?/m1/s1. The average molecular weight is 772 g/mol. The van der Waals surface area contributed by atoms with E-state index in [-0.39, 0.29) is 12.1 Å². The molecule has 4 heterocycles. The van der Waals surface area contributed by atoms with E-state index < -0.39 is 14.5 Å². The van der Waals surface area contributed by atoms with Gasteiger partial charge in [-0.15, -0.1) is 0 Å². The van der Waals surface area contributed by atoms with Crippen molar-refractivity contribution in [3.05, 3.63) is 36.3 Å². The Bertz CT molecular complexity index is 1980. The number of ether oxygens (including phenoxy) is 1. The van der Waals surface area contributed by atoms with Crippen molar-refractivity contribution in [2.24, 2.45) is 34.5 Å². The smallest absolute Gasteiger partial charge is 0.162 e.